The van der Waals surface area contributed by atoms with Crippen LogP contribution in [0.1, 0.15) is 16.8 Å². The molecule has 0 fully saturated rings. The number of esters is 1. The van der Waals surface area contributed by atoms with Gasteiger partial charge in [-0.1, -0.05) is 11.6 Å². The SMILES string of the molecule is CNC(=O)CNC(=O)COC(=O)CCNC(=O)c1ccc(Cl)cc1. The van der Waals surface area contributed by atoms with Crippen molar-refractivity contribution in [3.8, 4) is 0 Å². The first-order chi connectivity index (χ1) is 11.4. The topological polar surface area (TPSA) is 114 Å². The molecule has 9 heteroatoms. The van der Waals surface area contributed by atoms with Crippen molar-refractivity contribution in [2.45, 2.75) is 6.42 Å². The van der Waals surface area contributed by atoms with E-state index in [1.54, 1.807) is 24.3 Å². The van der Waals surface area contributed by atoms with E-state index in [-0.39, 0.29) is 31.3 Å². The van der Waals surface area contributed by atoms with E-state index in [4.69, 9.17) is 16.3 Å². The molecule has 1 aromatic carbocycles. The third-order valence-corrected chi connectivity index (χ3v) is 3.06. The van der Waals surface area contributed by atoms with Gasteiger partial charge in [-0.15, -0.1) is 0 Å². The molecule has 0 saturated heterocycles. The molecule has 0 heterocycles. The number of carbonyl (C=O) groups is 4. The monoisotopic (exact) mass is 355 g/mol. The number of halogens is 1. The number of hydrogen-bond acceptors (Lipinski definition) is 5. The molecule has 0 spiro atoms. The van der Waals surface area contributed by atoms with Gasteiger partial charge in [0, 0.05) is 24.2 Å². The van der Waals surface area contributed by atoms with Gasteiger partial charge in [-0.3, -0.25) is 19.2 Å². The number of nitrogens with one attached hydrogen (secondary N) is 3. The van der Waals surface area contributed by atoms with E-state index in [1.165, 1.54) is 7.05 Å². The van der Waals surface area contributed by atoms with Gasteiger partial charge in [0.2, 0.25) is 5.91 Å². The van der Waals surface area contributed by atoms with Crippen LogP contribution in [0.2, 0.25) is 5.02 Å². The number of likely N-dealkylation sites (N-methyl/N-ethyl adjacent to an activating group) is 1. The molecule has 0 unspecified atom stereocenters. The lowest BCUT2D eigenvalue weighted by Gasteiger charge is -2.07. The average molecular weight is 356 g/mol. The summed E-state index contributed by atoms with van der Waals surface area (Å²) in [4.78, 5) is 45.5. The molecule has 0 aliphatic rings. The number of carbonyl (C=O) groups excluding carboxylic acids is 4. The van der Waals surface area contributed by atoms with Gasteiger partial charge in [0.05, 0.1) is 13.0 Å². The number of hydrogen-bond donors (Lipinski definition) is 3. The highest BCUT2D eigenvalue weighted by Crippen LogP contribution is 2.09. The zero-order chi connectivity index (χ0) is 17.9. The van der Waals surface area contributed by atoms with E-state index in [2.05, 4.69) is 16.0 Å². The Morgan fingerprint density at radius 3 is 2.33 bits per heavy atom. The molecule has 3 amide bonds. The summed E-state index contributed by atoms with van der Waals surface area (Å²) in [6, 6.07) is 6.30. The first-order valence-corrected chi connectivity index (χ1v) is 7.47. The third-order valence-electron chi connectivity index (χ3n) is 2.81. The minimum atomic E-state index is -0.638. The van der Waals surface area contributed by atoms with E-state index in [0.717, 1.165) is 0 Å². The second kappa shape index (κ2) is 10.2. The Kier molecular flexibility index (Phi) is 8.28. The Morgan fingerprint density at radius 1 is 1.04 bits per heavy atom. The highest BCUT2D eigenvalue weighted by molar-refractivity contribution is 6.30. The zero-order valence-electron chi connectivity index (χ0n) is 13.1. The third kappa shape index (κ3) is 7.59. The van der Waals surface area contributed by atoms with Gasteiger partial charge in [0.15, 0.2) is 6.61 Å². The van der Waals surface area contributed by atoms with E-state index < -0.39 is 18.5 Å². The van der Waals surface area contributed by atoms with Crippen molar-refractivity contribution in [1.82, 2.24) is 16.0 Å². The van der Waals surface area contributed by atoms with Crippen molar-refractivity contribution < 1.29 is 23.9 Å². The maximum absolute atomic E-state index is 11.8. The van der Waals surface area contributed by atoms with Crippen molar-refractivity contribution in [2.24, 2.45) is 0 Å². The fourth-order valence-corrected chi connectivity index (χ4v) is 1.64. The van der Waals surface area contributed by atoms with Crippen LogP contribution < -0.4 is 16.0 Å². The van der Waals surface area contributed by atoms with Crippen molar-refractivity contribution in [1.29, 1.82) is 0 Å². The largest absolute Gasteiger partial charge is 0.456 e. The zero-order valence-corrected chi connectivity index (χ0v) is 13.8. The summed E-state index contributed by atoms with van der Waals surface area (Å²) >= 11 is 5.72. The van der Waals surface area contributed by atoms with Crippen molar-refractivity contribution in [3.05, 3.63) is 34.9 Å². The van der Waals surface area contributed by atoms with E-state index in [9.17, 15) is 19.2 Å². The number of amides is 3. The Bertz CT molecular complexity index is 604. The van der Waals surface area contributed by atoms with E-state index >= 15 is 0 Å². The molecule has 0 aromatic heterocycles. The molecule has 0 bridgehead atoms. The summed E-state index contributed by atoms with van der Waals surface area (Å²) < 4.78 is 4.72. The van der Waals surface area contributed by atoms with Gasteiger partial charge in [-0.25, -0.2) is 0 Å². The number of rotatable bonds is 8. The number of ether oxygens (including phenoxy) is 1. The van der Waals surface area contributed by atoms with Gasteiger partial charge in [0.1, 0.15) is 0 Å². The highest BCUT2D eigenvalue weighted by Gasteiger charge is 2.10. The van der Waals surface area contributed by atoms with Crippen molar-refractivity contribution >= 4 is 35.3 Å². The molecule has 0 saturated carbocycles. The molecular formula is C15H18ClN3O5. The Morgan fingerprint density at radius 2 is 1.71 bits per heavy atom. The van der Waals surface area contributed by atoms with Crippen LogP contribution in [-0.4, -0.2) is 50.4 Å². The molecule has 3 N–H and O–H groups in total. The molecular weight excluding hydrogens is 338 g/mol. The van der Waals surface area contributed by atoms with Gasteiger partial charge >= 0.3 is 5.97 Å². The van der Waals surface area contributed by atoms with Gasteiger partial charge < -0.3 is 20.7 Å². The minimum absolute atomic E-state index is 0.0696. The molecule has 1 rings (SSSR count). The quantitative estimate of drug-likeness (QED) is 0.562. The highest BCUT2D eigenvalue weighted by atomic mass is 35.5. The summed E-state index contributed by atoms with van der Waals surface area (Å²) in [7, 11) is 1.44. The first kappa shape index (κ1) is 19.4. The maximum Gasteiger partial charge on any atom is 0.308 e. The summed E-state index contributed by atoms with van der Waals surface area (Å²) in [5.41, 5.74) is 0.418. The van der Waals surface area contributed by atoms with Crippen LogP contribution in [0, 0.1) is 0 Å². The Labute approximate surface area is 143 Å². The predicted octanol–water partition coefficient (Wildman–Crippen LogP) is -0.135. The minimum Gasteiger partial charge on any atom is -0.456 e. The van der Waals surface area contributed by atoms with Gasteiger partial charge in [-0.2, -0.15) is 0 Å². The van der Waals surface area contributed by atoms with Crippen LogP contribution in [0.5, 0.6) is 0 Å². The van der Waals surface area contributed by atoms with Gasteiger partial charge in [0.25, 0.3) is 11.8 Å². The lowest BCUT2D eigenvalue weighted by atomic mass is 10.2. The lowest BCUT2D eigenvalue weighted by Crippen LogP contribution is -2.37. The standard InChI is InChI=1S/C15H18ClN3O5/c1-17-12(20)8-19-13(21)9-24-14(22)6-7-18-15(23)10-2-4-11(16)5-3-10/h2-5H,6-9H2,1H3,(H,17,20)(H,18,23)(H,19,21). The smallest absolute Gasteiger partial charge is 0.308 e. The van der Waals surface area contributed by atoms with Crippen LogP contribution in [0.4, 0.5) is 0 Å². The second-order valence-electron chi connectivity index (χ2n) is 4.62. The maximum atomic E-state index is 11.8. The lowest BCUT2D eigenvalue weighted by molar-refractivity contribution is -0.148. The Hall–Kier alpha value is -2.61. The Balaban J connectivity index is 2.19. The van der Waals surface area contributed by atoms with Crippen LogP contribution in [-0.2, 0) is 19.1 Å². The summed E-state index contributed by atoms with van der Waals surface area (Å²) in [6.07, 6.45) is -0.0813. The second-order valence-corrected chi connectivity index (χ2v) is 5.06. The fraction of sp³-hybridized carbons (Fsp3) is 0.333. The normalized spacial score (nSPS) is 9.75. The summed E-state index contributed by atoms with van der Waals surface area (Å²) in [6.45, 7) is -0.606. The summed E-state index contributed by atoms with van der Waals surface area (Å²) in [5.74, 6) is -1.93. The molecule has 0 atom stereocenters. The molecule has 8 nitrogen and oxygen atoms in total. The van der Waals surface area contributed by atoms with Crippen molar-refractivity contribution in [2.75, 3.05) is 26.7 Å². The molecule has 1 aromatic rings. The molecule has 24 heavy (non-hydrogen) atoms. The van der Waals surface area contributed by atoms with Crippen LogP contribution in [0.25, 0.3) is 0 Å². The van der Waals surface area contributed by atoms with Crippen LogP contribution >= 0.6 is 11.6 Å². The average Bonchev–Trinajstić information content (AvgIpc) is 2.58. The van der Waals surface area contributed by atoms with E-state index in [1.807, 2.05) is 0 Å². The van der Waals surface area contributed by atoms with Gasteiger partial charge in [-0.05, 0) is 24.3 Å². The number of benzene rings is 1. The molecule has 0 aliphatic heterocycles. The molecule has 0 radical (unpaired) electrons. The van der Waals surface area contributed by atoms with E-state index in [0.29, 0.717) is 10.6 Å². The fourth-order valence-electron chi connectivity index (χ4n) is 1.52. The van der Waals surface area contributed by atoms with Crippen LogP contribution in [0.3, 0.4) is 0 Å². The molecule has 130 valence electrons. The van der Waals surface area contributed by atoms with Crippen LogP contribution in [0.15, 0.2) is 24.3 Å². The summed E-state index contributed by atoms with van der Waals surface area (Å²) in [5, 5.41) is 7.68. The predicted molar refractivity (Wildman–Crippen MR) is 86.4 cm³/mol. The molecule has 0 aliphatic carbocycles. The van der Waals surface area contributed by atoms with Crippen molar-refractivity contribution in [3.63, 3.8) is 0 Å². The first-order valence-electron chi connectivity index (χ1n) is 7.09.